The van der Waals surface area contributed by atoms with Gasteiger partial charge in [0, 0.05) is 30.7 Å². The average molecular weight is 436 g/mol. The van der Waals surface area contributed by atoms with E-state index in [2.05, 4.69) is 32.5 Å². The standard InChI is InChI=1S/C23H25FN6O2/c1-5-21(31)26-15-8-7-9-16(12-15)27-22-18(24)14-25-23(29-22)28-17-10-11-20(32-4)19(13-17)30(3)6-2/h5,7-14H,1,6H2,2-4H3,(H,26,31)(H2,25,27,28,29). The number of carbonyl (C=O) groups is 1. The minimum atomic E-state index is -0.614. The number of benzene rings is 2. The van der Waals surface area contributed by atoms with Crippen molar-refractivity contribution >= 4 is 40.4 Å². The largest absolute Gasteiger partial charge is 0.495 e. The molecule has 1 amide bonds. The highest BCUT2D eigenvalue weighted by Gasteiger charge is 2.11. The van der Waals surface area contributed by atoms with E-state index < -0.39 is 5.82 Å². The van der Waals surface area contributed by atoms with E-state index in [0.29, 0.717) is 11.4 Å². The summed E-state index contributed by atoms with van der Waals surface area (Å²) in [6, 6.07) is 12.4. The van der Waals surface area contributed by atoms with E-state index in [-0.39, 0.29) is 17.7 Å². The first-order chi connectivity index (χ1) is 15.4. The van der Waals surface area contributed by atoms with Crippen LogP contribution in [0.15, 0.2) is 61.3 Å². The Kier molecular flexibility index (Phi) is 7.22. The van der Waals surface area contributed by atoms with Gasteiger partial charge in [-0.3, -0.25) is 4.79 Å². The van der Waals surface area contributed by atoms with Crippen molar-refractivity contribution in [2.45, 2.75) is 6.92 Å². The first kappa shape index (κ1) is 22.5. The summed E-state index contributed by atoms with van der Waals surface area (Å²) < 4.78 is 19.8. The van der Waals surface area contributed by atoms with Gasteiger partial charge in [0.05, 0.1) is 19.0 Å². The van der Waals surface area contributed by atoms with Crippen LogP contribution in [-0.4, -0.2) is 36.6 Å². The fourth-order valence-electron chi connectivity index (χ4n) is 2.89. The lowest BCUT2D eigenvalue weighted by Gasteiger charge is -2.21. The first-order valence-corrected chi connectivity index (χ1v) is 9.92. The second-order valence-corrected chi connectivity index (χ2v) is 6.82. The zero-order chi connectivity index (χ0) is 23.1. The molecule has 0 aliphatic carbocycles. The van der Waals surface area contributed by atoms with Gasteiger partial charge < -0.3 is 25.6 Å². The van der Waals surface area contributed by atoms with Gasteiger partial charge in [-0.15, -0.1) is 0 Å². The Labute approximate surface area is 186 Å². The number of carbonyl (C=O) groups excluding carboxylic acids is 1. The second-order valence-electron chi connectivity index (χ2n) is 6.82. The van der Waals surface area contributed by atoms with Gasteiger partial charge in [-0.25, -0.2) is 9.37 Å². The van der Waals surface area contributed by atoms with Crippen molar-refractivity contribution in [3.8, 4) is 5.75 Å². The molecule has 1 aromatic heterocycles. The number of amides is 1. The molecule has 0 unspecified atom stereocenters. The quantitative estimate of drug-likeness (QED) is 0.419. The fourth-order valence-corrected chi connectivity index (χ4v) is 2.89. The summed E-state index contributed by atoms with van der Waals surface area (Å²) in [5.74, 6) is 0.00625. The Bertz CT molecular complexity index is 1120. The zero-order valence-electron chi connectivity index (χ0n) is 18.1. The molecule has 0 aliphatic heterocycles. The van der Waals surface area contributed by atoms with E-state index in [1.807, 2.05) is 37.1 Å². The minimum absolute atomic E-state index is 0.00545. The van der Waals surface area contributed by atoms with Crippen molar-refractivity contribution < 1.29 is 13.9 Å². The lowest BCUT2D eigenvalue weighted by molar-refractivity contribution is -0.111. The van der Waals surface area contributed by atoms with Crippen LogP contribution in [0.1, 0.15) is 6.92 Å². The average Bonchev–Trinajstić information content (AvgIpc) is 2.80. The summed E-state index contributed by atoms with van der Waals surface area (Å²) in [6.45, 7) is 6.26. The Morgan fingerprint density at radius 3 is 2.66 bits per heavy atom. The molecule has 3 rings (SSSR count). The highest BCUT2D eigenvalue weighted by atomic mass is 19.1. The summed E-state index contributed by atoms with van der Waals surface area (Å²) in [4.78, 5) is 21.8. The van der Waals surface area contributed by atoms with E-state index in [1.165, 1.54) is 6.08 Å². The van der Waals surface area contributed by atoms with Crippen LogP contribution < -0.4 is 25.6 Å². The molecule has 0 aliphatic rings. The molecule has 0 spiro atoms. The molecule has 32 heavy (non-hydrogen) atoms. The normalized spacial score (nSPS) is 10.2. The molecule has 166 valence electrons. The van der Waals surface area contributed by atoms with Gasteiger partial charge in [-0.2, -0.15) is 4.98 Å². The molecule has 0 atom stereocenters. The predicted octanol–water partition coefficient (Wildman–Crippen LogP) is 4.69. The molecular formula is C23H25FN6O2. The maximum atomic E-state index is 14.4. The predicted molar refractivity (Wildman–Crippen MR) is 126 cm³/mol. The Morgan fingerprint density at radius 2 is 1.94 bits per heavy atom. The first-order valence-electron chi connectivity index (χ1n) is 9.92. The lowest BCUT2D eigenvalue weighted by atomic mass is 10.2. The Hall–Kier alpha value is -4.14. The topological polar surface area (TPSA) is 91.4 Å². The third kappa shape index (κ3) is 5.51. The number of nitrogens with zero attached hydrogens (tertiary/aromatic N) is 3. The lowest BCUT2D eigenvalue weighted by Crippen LogP contribution is -2.16. The van der Waals surface area contributed by atoms with Crippen LogP contribution in [-0.2, 0) is 4.79 Å². The Balaban J connectivity index is 1.82. The van der Waals surface area contributed by atoms with Crippen LogP contribution in [0.3, 0.4) is 0 Å². The molecule has 0 bridgehead atoms. The van der Waals surface area contributed by atoms with Crippen LogP contribution in [0.5, 0.6) is 5.75 Å². The zero-order valence-corrected chi connectivity index (χ0v) is 18.1. The number of rotatable bonds is 9. The number of anilines is 6. The molecule has 3 aromatic rings. The fraction of sp³-hybridized carbons (Fsp3) is 0.174. The van der Waals surface area contributed by atoms with E-state index in [1.54, 1.807) is 31.4 Å². The van der Waals surface area contributed by atoms with Crippen LogP contribution >= 0.6 is 0 Å². The van der Waals surface area contributed by atoms with Crippen molar-refractivity contribution in [1.29, 1.82) is 0 Å². The highest BCUT2D eigenvalue weighted by molar-refractivity contribution is 5.99. The van der Waals surface area contributed by atoms with Gasteiger partial charge in [0.25, 0.3) is 0 Å². The number of halogens is 1. The van der Waals surface area contributed by atoms with Crippen molar-refractivity contribution in [1.82, 2.24) is 9.97 Å². The van der Waals surface area contributed by atoms with Gasteiger partial charge in [-0.1, -0.05) is 12.6 Å². The highest BCUT2D eigenvalue weighted by Crippen LogP contribution is 2.31. The SMILES string of the molecule is C=CC(=O)Nc1cccc(Nc2nc(Nc3ccc(OC)c(N(C)CC)c3)ncc2F)c1. The van der Waals surface area contributed by atoms with Gasteiger partial charge in [-0.05, 0) is 49.4 Å². The van der Waals surface area contributed by atoms with E-state index in [9.17, 15) is 9.18 Å². The molecule has 3 N–H and O–H groups in total. The van der Waals surface area contributed by atoms with Crippen LogP contribution in [0.2, 0.25) is 0 Å². The summed E-state index contributed by atoms with van der Waals surface area (Å²) in [5.41, 5.74) is 2.72. The molecule has 0 radical (unpaired) electrons. The van der Waals surface area contributed by atoms with Crippen molar-refractivity contribution in [2.75, 3.05) is 41.6 Å². The number of hydrogen-bond donors (Lipinski definition) is 3. The number of aromatic nitrogens is 2. The molecule has 1 heterocycles. The number of nitrogens with one attached hydrogen (secondary N) is 3. The van der Waals surface area contributed by atoms with Gasteiger partial charge in [0.15, 0.2) is 11.6 Å². The van der Waals surface area contributed by atoms with Crippen LogP contribution in [0.25, 0.3) is 0 Å². The van der Waals surface area contributed by atoms with E-state index >= 15 is 0 Å². The maximum Gasteiger partial charge on any atom is 0.247 e. The van der Waals surface area contributed by atoms with Crippen LogP contribution in [0.4, 0.5) is 38.9 Å². The summed E-state index contributed by atoms with van der Waals surface area (Å²) >= 11 is 0. The van der Waals surface area contributed by atoms with Gasteiger partial charge in [0.2, 0.25) is 11.9 Å². The van der Waals surface area contributed by atoms with Crippen molar-refractivity contribution in [3.05, 3.63) is 67.1 Å². The summed E-state index contributed by atoms with van der Waals surface area (Å²) in [5, 5.41) is 8.66. The second kappa shape index (κ2) is 10.3. The van der Waals surface area contributed by atoms with Crippen molar-refractivity contribution in [2.24, 2.45) is 0 Å². The molecule has 0 saturated carbocycles. The number of hydrogen-bond acceptors (Lipinski definition) is 7. The molecule has 2 aromatic carbocycles. The molecule has 8 nitrogen and oxygen atoms in total. The smallest absolute Gasteiger partial charge is 0.247 e. The van der Waals surface area contributed by atoms with E-state index in [0.717, 1.165) is 29.9 Å². The molecule has 9 heteroatoms. The van der Waals surface area contributed by atoms with Crippen LogP contribution in [0, 0.1) is 5.82 Å². The third-order valence-corrected chi connectivity index (χ3v) is 4.64. The molecule has 0 fully saturated rings. The number of ether oxygens (including phenoxy) is 1. The summed E-state index contributed by atoms with van der Waals surface area (Å²) in [6.07, 6.45) is 2.26. The monoisotopic (exact) mass is 436 g/mol. The number of methoxy groups -OCH3 is 1. The van der Waals surface area contributed by atoms with E-state index in [4.69, 9.17) is 4.74 Å². The molecular weight excluding hydrogens is 411 g/mol. The van der Waals surface area contributed by atoms with Gasteiger partial charge in [0.1, 0.15) is 5.75 Å². The van der Waals surface area contributed by atoms with Crippen molar-refractivity contribution in [3.63, 3.8) is 0 Å². The Morgan fingerprint density at radius 1 is 1.19 bits per heavy atom. The minimum Gasteiger partial charge on any atom is -0.495 e. The molecule has 0 saturated heterocycles. The van der Waals surface area contributed by atoms with Gasteiger partial charge >= 0.3 is 0 Å². The summed E-state index contributed by atoms with van der Waals surface area (Å²) in [7, 11) is 3.58. The third-order valence-electron chi connectivity index (χ3n) is 4.64. The maximum absolute atomic E-state index is 14.4.